The van der Waals surface area contributed by atoms with Gasteiger partial charge in [0.05, 0.1) is 0 Å². The number of benzene rings is 2. The zero-order valence-corrected chi connectivity index (χ0v) is 14.1. The van der Waals surface area contributed by atoms with E-state index in [2.05, 4.69) is 22.4 Å². The molecule has 0 aliphatic rings. The highest BCUT2D eigenvalue weighted by molar-refractivity contribution is 6.31. The van der Waals surface area contributed by atoms with Crippen LogP contribution < -0.4 is 5.32 Å². The number of rotatable bonds is 5. The van der Waals surface area contributed by atoms with Gasteiger partial charge in [0.15, 0.2) is 6.54 Å². The van der Waals surface area contributed by atoms with Crippen LogP contribution in [0.2, 0.25) is 10.0 Å². The third kappa shape index (κ3) is 3.91. The highest BCUT2D eigenvalue weighted by atomic mass is 35.5. The Morgan fingerprint density at radius 3 is 2.57 bits per heavy atom. The Balaban J connectivity index is 1.65. The first-order valence-corrected chi connectivity index (χ1v) is 8.05. The molecule has 0 bridgehead atoms. The minimum atomic E-state index is 0.203. The van der Waals surface area contributed by atoms with E-state index in [0.29, 0.717) is 23.3 Å². The lowest BCUT2D eigenvalue weighted by Crippen LogP contribution is -2.83. The van der Waals surface area contributed by atoms with Gasteiger partial charge in [-0.05, 0) is 37.3 Å². The summed E-state index contributed by atoms with van der Waals surface area (Å²) < 4.78 is 5.31. The largest absolute Gasteiger partial charge is 0.333 e. The predicted molar refractivity (Wildman–Crippen MR) is 90.2 cm³/mol. The SMILES string of the molecule is C[C@@H]([NH2+]Cc1nc(-c2ccc(Cl)cc2)no1)c1ccccc1Cl. The molecule has 3 rings (SSSR count). The Labute approximate surface area is 144 Å². The van der Waals surface area contributed by atoms with E-state index in [4.69, 9.17) is 27.7 Å². The predicted octanol–water partition coefficient (Wildman–Crippen LogP) is 3.87. The molecule has 0 unspecified atom stereocenters. The van der Waals surface area contributed by atoms with Crippen molar-refractivity contribution in [2.24, 2.45) is 0 Å². The van der Waals surface area contributed by atoms with Crippen molar-refractivity contribution in [2.45, 2.75) is 19.5 Å². The molecule has 6 heteroatoms. The average molecular weight is 349 g/mol. The molecule has 4 nitrogen and oxygen atoms in total. The van der Waals surface area contributed by atoms with E-state index >= 15 is 0 Å². The lowest BCUT2D eigenvalue weighted by Gasteiger charge is -2.10. The van der Waals surface area contributed by atoms with Crippen molar-refractivity contribution in [3.8, 4) is 11.4 Å². The summed E-state index contributed by atoms with van der Waals surface area (Å²) in [6.07, 6.45) is 0. The zero-order chi connectivity index (χ0) is 16.2. The summed E-state index contributed by atoms with van der Waals surface area (Å²) in [5, 5.41) is 7.57. The van der Waals surface area contributed by atoms with Crippen LogP contribution in [-0.4, -0.2) is 10.1 Å². The van der Waals surface area contributed by atoms with E-state index in [-0.39, 0.29) is 6.04 Å². The molecule has 3 aromatic rings. The van der Waals surface area contributed by atoms with Crippen LogP contribution in [0.4, 0.5) is 0 Å². The number of hydrogen-bond donors (Lipinski definition) is 1. The molecular formula is C17H16Cl2N3O+. The van der Waals surface area contributed by atoms with E-state index in [1.807, 2.05) is 36.4 Å². The van der Waals surface area contributed by atoms with Gasteiger partial charge >= 0.3 is 0 Å². The first-order valence-electron chi connectivity index (χ1n) is 7.30. The van der Waals surface area contributed by atoms with Crippen molar-refractivity contribution in [1.82, 2.24) is 10.1 Å². The third-order valence-corrected chi connectivity index (χ3v) is 4.21. The number of aromatic nitrogens is 2. The Hall–Kier alpha value is -1.88. The van der Waals surface area contributed by atoms with Crippen LogP contribution in [0.3, 0.4) is 0 Å². The molecule has 0 aliphatic carbocycles. The number of quaternary nitrogens is 1. The number of hydrogen-bond acceptors (Lipinski definition) is 3. The van der Waals surface area contributed by atoms with Crippen molar-refractivity contribution in [1.29, 1.82) is 0 Å². The van der Waals surface area contributed by atoms with Gasteiger partial charge in [-0.2, -0.15) is 4.98 Å². The molecule has 0 spiro atoms. The third-order valence-electron chi connectivity index (χ3n) is 3.61. The Bertz CT molecular complexity index is 787. The molecule has 0 amide bonds. The van der Waals surface area contributed by atoms with Crippen LogP contribution in [0.15, 0.2) is 53.1 Å². The summed E-state index contributed by atoms with van der Waals surface area (Å²) in [4.78, 5) is 4.41. The Kier molecular flexibility index (Phi) is 4.96. The zero-order valence-electron chi connectivity index (χ0n) is 12.5. The smallest absolute Gasteiger partial charge is 0.282 e. The maximum absolute atomic E-state index is 6.22. The second kappa shape index (κ2) is 7.13. The number of nitrogens with zero attached hydrogens (tertiary/aromatic N) is 2. The molecule has 2 N–H and O–H groups in total. The van der Waals surface area contributed by atoms with Crippen LogP contribution in [0, 0.1) is 0 Å². The Morgan fingerprint density at radius 1 is 1.09 bits per heavy atom. The van der Waals surface area contributed by atoms with Crippen LogP contribution in [0.25, 0.3) is 11.4 Å². The summed E-state index contributed by atoms with van der Waals surface area (Å²) >= 11 is 12.1. The first kappa shape index (κ1) is 16.0. The summed E-state index contributed by atoms with van der Waals surface area (Å²) in [6, 6.07) is 15.4. The molecule has 1 heterocycles. The van der Waals surface area contributed by atoms with Crippen molar-refractivity contribution >= 4 is 23.2 Å². The molecular weight excluding hydrogens is 333 g/mol. The molecule has 118 valence electrons. The fourth-order valence-corrected chi connectivity index (χ4v) is 2.74. The molecule has 1 atom stereocenters. The van der Waals surface area contributed by atoms with E-state index in [9.17, 15) is 0 Å². The molecule has 1 aromatic heterocycles. The van der Waals surface area contributed by atoms with Crippen LogP contribution in [-0.2, 0) is 6.54 Å². The van der Waals surface area contributed by atoms with E-state index in [0.717, 1.165) is 16.1 Å². The van der Waals surface area contributed by atoms with Crippen LogP contribution >= 0.6 is 23.2 Å². The average Bonchev–Trinajstić information content (AvgIpc) is 3.03. The highest BCUT2D eigenvalue weighted by Gasteiger charge is 2.15. The number of nitrogens with two attached hydrogens (primary N) is 1. The summed E-state index contributed by atoms with van der Waals surface area (Å²) in [5.41, 5.74) is 1.97. The van der Waals surface area contributed by atoms with Crippen LogP contribution in [0.1, 0.15) is 24.4 Å². The summed E-state index contributed by atoms with van der Waals surface area (Å²) in [7, 11) is 0. The summed E-state index contributed by atoms with van der Waals surface area (Å²) in [6.45, 7) is 2.69. The normalized spacial score (nSPS) is 12.3. The minimum absolute atomic E-state index is 0.203. The van der Waals surface area contributed by atoms with Gasteiger partial charge < -0.3 is 9.84 Å². The molecule has 23 heavy (non-hydrogen) atoms. The molecule has 0 saturated carbocycles. The van der Waals surface area contributed by atoms with Crippen molar-refractivity contribution < 1.29 is 9.84 Å². The monoisotopic (exact) mass is 348 g/mol. The molecule has 0 saturated heterocycles. The summed E-state index contributed by atoms with van der Waals surface area (Å²) in [5.74, 6) is 1.14. The molecule has 0 aliphatic heterocycles. The van der Waals surface area contributed by atoms with Gasteiger partial charge in [-0.15, -0.1) is 0 Å². The van der Waals surface area contributed by atoms with Crippen molar-refractivity contribution in [2.75, 3.05) is 0 Å². The van der Waals surface area contributed by atoms with Gasteiger partial charge in [0.2, 0.25) is 5.82 Å². The van der Waals surface area contributed by atoms with E-state index in [1.165, 1.54) is 0 Å². The maximum atomic E-state index is 6.22. The van der Waals surface area contributed by atoms with Gasteiger partial charge in [0.25, 0.3) is 5.89 Å². The van der Waals surface area contributed by atoms with Gasteiger partial charge in [-0.1, -0.05) is 46.6 Å². The van der Waals surface area contributed by atoms with E-state index in [1.54, 1.807) is 12.1 Å². The van der Waals surface area contributed by atoms with Gasteiger partial charge in [-0.25, -0.2) is 0 Å². The second-order valence-corrected chi connectivity index (χ2v) is 6.11. The lowest BCUT2D eigenvalue weighted by molar-refractivity contribution is -0.710. The highest BCUT2D eigenvalue weighted by Crippen LogP contribution is 2.20. The van der Waals surface area contributed by atoms with Gasteiger partial charge in [0.1, 0.15) is 6.04 Å². The maximum Gasteiger partial charge on any atom is 0.282 e. The standard InChI is InChI=1S/C17H15Cl2N3O/c1-11(14-4-2-3-5-15(14)19)20-10-16-21-17(22-23-16)12-6-8-13(18)9-7-12/h2-9,11,20H,10H2,1H3/p+1/t11-/m1/s1. The Morgan fingerprint density at radius 2 is 1.83 bits per heavy atom. The fourth-order valence-electron chi connectivity index (χ4n) is 2.30. The van der Waals surface area contributed by atoms with Gasteiger partial charge in [0, 0.05) is 21.2 Å². The van der Waals surface area contributed by atoms with Crippen LogP contribution in [0.5, 0.6) is 0 Å². The lowest BCUT2D eigenvalue weighted by atomic mass is 10.1. The topological polar surface area (TPSA) is 55.5 Å². The minimum Gasteiger partial charge on any atom is -0.333 e. The number of halogens is 2. The quantitative estimate of drug-likeness (QED) is 0.761. The van der Waals surface area contributed by atoms with Gasteiger partial charge in [-0.3, -0.25) is 0 Å². The van der Waals surface area contributed by atoms with E-state index < -0.39 is 0 Å². The molecule has 0 fully saturated rings. The second-order valence-electron chi connectivity index (χ2n) is 5.27. The molecule has 0 radical (unpaired) electrons. The first-order chi connectivity index (χ1) is 11.1. The molecule has 2 aromatic carbocycles. The fraction of sp³-hybridized carbons (Fsp3) is 0.176. The van der Waals surface area contributed by atoms with Crippen molar-refractivity contribution in [3.63, 3.8) is 0 Å². The van der Waals surface area contributed by atoms with Crippen molar-refractivity contribution in [3.05, 3.63) is 70.0 Å².